The van der Waals surface area contributed by atoms with E-state index >= 15 is 0 Å². The number of benzene rings is 2. The second-order valence-corrected chi connectivity index (χ2v) is 6.54. The first-order chi connectivity index (χ1) is 11.9. The van der Waals surface area contributed by atoms with Crippen LogP contribution in [-0.2, 0) is 11.2 Å². The lowest BCUT2D eigenvalue weighted by molar-refractivity contribution is -0.384. The summed E-state index contributed by atoms with van der Waals surface area (Å²) >= 11 is 5.79. The van der Waals surface area contributed by atoms with Crippen molar-refractivity contribution < 1.29 is 9.72 Å². The third-order valence-electron chi connectivity index (χ3n) is 4.21. The number of nitrogens with one attached hydrogen (secondary N) is 1. The summed E-state index contributed by atoms with van der Waals surface area (Å²) in [5.41, 5.74) is 3.68. The van der Waals surface area contributed by atoms with E-state index in [9.17, 15) is 14.9 Å². The summed E-state index contributed by atoms with van der Waals surface area (Å²) in [6.45, 7) is 3.07. The van der Waals surface area contributed by atoms with Crippen LogP contribution in [0.5, 0.6) is 0 Å². The number of fused-ring (bicyclic) bond motifs is 1. The molecule has 25 heavy (non-hydrogen) atoms. The molecule has 0 unspecified atom stereocenters. The van der Waals surface area contributed by atoms with Gasteiger partial charge >= 0.3 is 0 Å². The quantitative estimate of drug-likeness (QED) is 0.662. The molecular formula is C18H18ClN3O3. The molecule has 1 aliphatic heterocycles. The van der Waals surface area contributed by atoms with Gasteiger partial charge in [-0.05, 0) is 43.5 Å². The van der Waals surface area contributed by atoms with Gasteiger partial charge in [0, 0.05) is 24.0 Å². The average Bonchev–Trinajstić information content (AvgIpc) is 2.56. The van der Waals surface area contributed by atoms with Crippen molar-refractivity contribution in [2.24, 2.45) is 0 Å². The van der Waals surface area contributed by atoms with Gasteiger partial charge in [-0.1, -0.05) is 29.3 Å². The summed E-state index contributed by atoms with van der Waals surface area (Å²) in [6.07, 6.45) is 2.01. The van der Waals surface area contributed by atoms with E-state index in [1.807, 2.05) is 17.0 Å². The van der Waals surface area contributed by atoms with Crippen LogP contribution < -0.4 is 10.2 Å². The van der Waals surface area contributed by atoms with Crippen LogP contribution in [0.25, 0.3) is 0 Å². The number of halogens is 1. The van der Waals surface area contributed by atoms with Gasteiger partial charge in [-0.25, -0.2) is 0 Å². The highest BCUT2D eigenvalue weighted by atomic mass is 35.5. The largest absolute Gasteiger partial charge is 0.362 e. The Hall–Kier alpha value is -2.60. The minimum absolute atomic E-state index is 0.0447. The highest BCUT2D eigenvalue weighted by Crippen LogP contribution is 2.29. The molecule has 1 amide bonds. The second kappa shape index (κ2) is 7.11. The average molecular weight is 360 g/mol. The van der Waals surface area contributed by atoms with Gasteiger partial charge in [0.05, 0.1) is 11.5 Å². The van der Waals surface area contributed by atoms with Gasteiger partial charge in [0.25, 0.3) is 5.69 Å². The number of amides is 1. The number of anilines is 2. The lowest BCUT2D eigenvalue weighted by Gasteiger charge is -2.31. The molecule has 0 aromatic heterocycles. The second-order valence-electron chi connectivity index (χ2n) is 6.13. The van der Waals surface area contributed by atoms with Gasteiger partial charge in [0.15, 0.2) is 0 Å². The van der Waals surface area contributed by atoms with Crippen LogP contribution in [0.15, 0.2) is 36.4 Å². The van der Waals surface area contributed by atoms with Crippen LogP contribution in [0.4, 0.5) is 17.1 Å². The fourth-order valence-electron chi connectivity index (χ4n) is 3.07. The fourth-order valence-corrected chi connectivity index (χ4v) is 3.26. The van der Waals surface area contributed by atoms with Gasteiger partial charge in [-0.2, -0.15) is 0 Å². The van der Waals surface area contributed by atoms with Gasteiger partial charge < -0.3 is 10.2 Å². The molecule has 0 radical (unpaired) electrons. The molecule has 0 aliphatic carbocycles. The lowest BCUT2D eigenvalue weighted by Crippen LogP contribution is -2.36. The smallest absolute Gasteiger partial charge is 0.289 e. The van der Waals surface area contributed by atoms with E-state index in [0.29, 0.717) is 5.69 Å². The maximum atomic E-state index is 12.4. The Morgan fingerprint density at radius 2 is 2.12 bits per heavy atom. The molecule has 2 aromatic rings. The topological polar surface area (TPSA) is 75.5 Å². The number of hydrogen-bond acceptors (Lipinski definition) is 4. The number of carbonyl (C=O) groups is 1. The van der Waals surface area contributed by atoms with Crippen LogP contribution in [0.3, 0.4) is 0 Å². The SMILES string of the molecule is Cc1ccc2c(c1)CCCN2CC(=O)Nc1ccc(Cl)c([N+](=O)[O-])c1. The zero-order valence-electron chi connectivity index (χ0n) is 13.8. The molecular weight excluding hydrogens is 342 g/mol. The molecule has 0 fully saturated rings. The van der Waals surface area contributed by atoms with Gasteiger partial charge in [-0.3, -0.25) is 14.9 Å². The first-order valence-corrected chi connectivity index (χ1v) is 8.40. The third kappa shape index (κ3) is 3.91. The Morgan fingerprint density at radius 3 is 2.88 bits per heavy atom. The molecule has 2 aromatic carbocycles. The predicted molar refractivity (Wildman–Crippen MR) is 98.4 cm³/mol. The maximum Gasteiger partial charge on any atom is 0.289 e. The Balaban J connectivity index is 1.72. The van der Waals surface area contributed by atoms with Crippen molar-refractivity contribution in [3.8, 4) is 0 Å². The van der Waals surface area contributed by atoms with Crippen LogP contribution in [0.1, 0.15) is 17.5 Å². The molecule has 0 atom stereocenters. The van der Waals surface area contributed by atoms with Crippen LogP contribution >= 0.6 is 11.6 Å². The molecule has 0 saturated carbocycles. The molecule has 1 aliphatic rings. The highest BCUT2D eigenvalue weighted by Gasteiger charge is 2.20. The van der Waals surface area contributed by atoms with E-state index in [2.05, 4.69) is 18.3 Å². The molecule has 1 heterocycles. The first-order valence-electron chi connectivity index (χ1n) is 8.02. The van der Waals surface area contributed by atoms with Gasteiger partial charge in [0.1, 0.15) is 5.02 Å². The number of carbonyl (C=O) groups excluding carboxylic acids is 1. The number of nitro groups is 1. The molecule has 0 bridgehead atoms. The van der Waals surface area contributed by atoms with E-state index in [1.165, 1.54) is 23.3 Å². The van der Waals surface area contributed by atoms with Gasteiger partial charge in [-0.15, -0.1) is 0 Å². The van der Waals surface area contributed by atoms with E-state index in [-0.39, 0.29) is 23.2 Å². The van der Waals surface area contributed by atoms with Crippen LogP contribution in [0.2, 0.25) is 5.02 Å². The van der Waals surface area contributed by atoms with Crippen molar-refractivity contribution in [2.75, 3.05) is 23.3 Å². The van der Waals surface area contributed by atoms with E-state index < -0.39 is 4.92 Å². The van der Waals surface area contributed by atoms with Crippen molar-refractivity contribution in [2.45, 2.75) is 19.8 Å². The summed E-state index contributed by atoms with van der Waals surface area (Å²) in [5.74, 6) is -0.218. The number of rotatable bonds is 4. The van der Waals surface area contributed by atoms with Crippen LogP contribution in [-0.4, -0.2) is 23.9 Å². The third-order valence-corrected chi connectivity index (χ3v) is 4.53. The first kappa shape index (κ1) is 17.2. The van der Waals surface area contributed by atoms with Crippen LogP contribution in [0, 0.1) is 17.0 Å². The van der Waals surface area contributed by atoms with E-state index in [4.69, 9.17) is 11.6 Å². The molecule has 0 spiro atoms. The lowest BCUT2D eigenvalue weighted by atomic mass is 9.99. The Labute approximate surface area is 150 Å². The van der Waals surface area contributed by atoms with Crippen molar-refractivity contribution in [1.29, 1.82) is 0 Å². The molecule has 3 rings (SSSR count). The summed E-state index contributed by atoms with van der Waals surface area (Å²) < 4.78 is 0. The fraction of sp³-hybridized carbons (Fsp3) is 0.278. The van der Waals surface area contributed by atoms with Crippen molar-refractivity contribution in [3.05, 3.63) is 62.7 Å². The Kier molecular flexibility index (Phi) is 4.90. The molecule has 6 nitrogen and oxygen atoms in total. The normalized spacial score (nSPS) is 13.3. The van der Waals surface area contributed by atoms with Crippen molar-refractivity contribution >= 4 is 34.6 Å². The van der Waals surface area contributed by atoms with E-state index in [1.54, 1.807) is 6.07 Å². The number of aryl methyl sites for hydroxylation is 2. The number of hydrogen-bond donors (Lipinski definition) is 1. The standard InChI is InChI=1S/C18H18ClN3O3/c1-12-4-7-16-13(9-12)3-2-8-21(16)11-18(23)20-14-5-6-15(19)17(10-14)22(24)25/h4-7,9-10H,2-3,8,11H2,1H3,(H,20,23). The molecule has 7 heteroatoms. The predicted octanol–water partition coefficient (Wildman–Crippen LogP) is 3.95. The summed E-state index contributed by atoms with van der Waals surface area (Å²) in [6, 6.07) is 10.5. The molecule has 0 saturated heterocycles. The summed E-state index contributed by atoms with van der Waals surface area (Å²) in [7, 11) is 0. The summed E-state index contributed by atoms with van der Waals surface area (Å²) in [4.78, 5) is 24.8. The Bertz CT molecular complexity index is 838. The maximum absolute atomic E-state index is 12.4. The zero-order chi connectivity index (χ0) is 18.0. The monoisotopic (exact) mass is 359 g/mol. The summed E-state index contributed by atoms with van der Waals surface area (Å²) in [5, 5.41) is 13.7. The van der Waals surface area contributed by atoms with Crippen molar-refractivity contribution in [1.82, 2.24) is 0 Å². The highest BCUT2D eigenvalue weighted by molar-refractivity contribution is 6.32. The minimum atomic E-state index is -0.568. The van der Waals surface area contributed by atoms with Gasteiger partial charge in [0.2, 0.25) is 5.91 Å². The number of nitro benzene ring substituents is 1. The zero-order valence-corrected chi connectivity index (χ0v) is 14.5. The molecule has 130 valence electrons. The molecule has 1 N–H and O–H groups in total. The number of nitrogens with zero attached hydrogens (tertiary/aromatic N) is 2. The Morgan fingerprint density at radius 1 is 1.32 bits per heavy atom. The minimum Gasteiger partial charge on any atom is -0.362 e. The van der Waals surface area contributed by atoms with E-state index in [0.717, 1.165) is 25.1 Å². The van der Waals surface area contributed by atoms with Crippen molar-refractivity contribution in [3.63, 3.8) is 0 Å².